The molecule has 1 saturated heterocycles. The molecule has 0 aliphatic carbocycles. The average molecular weight is 349 g/mol. The van der Waals surface area contributed by atoms with Crippen molar-refractivity contribution < 1.29 is 13.9 Å². The highest BCUT2D eigenvalue weighted by atomic mass is 19.1. The molecule has 0 aromatic rings. The van der Waals surface area contributed by atoms with Crippen molar-refractivity contribution in [3.8, 4) is 0 Å². The fourth-order valence-corrected chi connectivity index (χ4v) is 2.00. The van der Waals surface area contributed by atoms with Crippen molar-refractivity contribution in [2.45, 2.75) is 20.3 Å². The summed E-state index contributed by atoms with van der Waals surface area (Å²) in [4.78, 5) is 6.57. The maximum Gasteiger partial charge on any atom is 0.123 e. The number of aliphatic imine (C=N–C) groups is 1. The fraction of sp³-hybridized carbons (Fsp3) is 0.421. The average Bonchev–Trinajstić information content (AvgIpc) is 2.60. The second kappa shape index (κ2) is 13.1. The minimum Gasteiger partial charge on any atom is -0.473 e. The first-order valence-electron chi connectivity index (χ1n) is 8.33. The van der Waals surface area contributed by atoms with Crippen LogP contribution in [0.3, 0.4) is 0 Å². The second-order valence-corrected chi connectivity index (χ2v) is 5.58. The molecule has 1 heterocycles. The predicted octanol–water partition coefficient (Wildman–Crippen LogP) is 3.44. The van der Waals surface area contributed by atoms with E-state index in [0.717, 1.165) is 38.4 Å². The van der Waals surface area contributed by atoms with Gasteiger partial charge in [-0.25, -0.2) is 9.38 Å². The van der Waals surface area contributed by atoms with E-state index >= 15 is 0 Å². The van der Waals surface area contributed by atoms with E-state index in [1.807, 2.05) is 13.0 Å². The van der Waals surface area contributed by atoms with Crippen LogP contribution in [0.2, 0.25) is 0 Å². The highest BCUT2D eigenvalue weighted by Gasteiger charge is 2.11. The van der Waals surface area contributed by atoms with Gasteiger partial charge in [-0.2, -0.15) is 0 Å². The number of ether oxygens (including phenoxy) is 2. The van der Waals surface area contributed by atoms with Gasteiger partial charge in [-0.3, -0.25) is 4.90 Å². The van der Waals surface area contributed by atoms with E-state index < -0.39 is 0 Å². The Hall–Kier alpha value is -2.18. The minimum absolute atomic E-state index is 0.238. The van der Waals surface area contributed by atoms with Gasteiger partial charge in [0.25, 0.3) is 0 Å². The van der Waals surface area contributed by atoms with Crippen LogP contribution in [-0.2, 0) is 9.47 Å². The normalized spacial score (nSPS) is 18.8. The van der Waals surface area contributed by atoms with Crippen molar-refractivity contribution in [3.05, 3.63) is 60.1 Å². The Bertz CT molecular complexity index is 553. The largest absolute Gasteiger partial charge is 0.473 e. The van der Waals surface area contributed by atoms with Gasteiger partial charge >= 0.3 is 0 Å². The van der Waals surface area contributed by atoms with Crippen LogP contribution in [0.15, 0.2) is 65.1 Å². The van der Waals surface area contributed by atoms with Crippen molar-refractivity contribution in [3.63, 3.8) is 0 Å². The topological polar surface area (TPSA) is 60.1 Å². The molecule has 0 unspecified atom stereocenters. The second-order valence-electron chi connectivity index (χ2n) is 5.58. The van der Waals surface area contributed by atoms with E-state index in [9.17, 15) is 4.39 Å². The number of halogens is 1. The van der Waals surface area contributed by atoms with E-state index in [2.05, 4.69) is 9.89 Å². The third-order valence-electron chi connectivity index (χ3n) is 3.35. The van der Waals surface area contributed by atoms with E-state index in [1.54, 1.807) is 30.7 Å². The van der Waals surface area contributed by atoms with E-state index in [-0.39, 0.29) is 5.83 Å². The highest BCUT2D eigenvalue weighted by molar-refractivity contribution is 5.60. The highest BCUT2D eigenvalue weighted by Crippen LogP contribution is 2.05. The minimum atomic E-state index is -0.238. The molecule has 138 valence electrons. The number of morpholine rings is 1. The van der Waals surface area contributed by atoms with Gasteiger partial charge in [0.05, 0.1) is 31.6 Å². The summed E-state index contributed by atoms with van der Waals surface area (Å²) in [5.74, 6) is 0.320. The molecule has 0 atom stereocenters. The molecular formula is C19H28FN3O2. The van der Waals surface area contributed by atoms with Gasteiger partial charge in [-0.05, 0) is 37.6 Å². The first-order valence-corrected chi connectivity index (χ1v) is 8.33. The maximum atomic E-state index is 12.4. The van der Waals surface area contributed by atoms with Crippen LogP contribution in [-0.4, -0.2) is 44.0 Å². The molecule has 2 N–H and O–H groups in total. The molecule has 1 aliphatic rings. The Labute approximate surface area is 149 Å². The summed E-state index contributed by atoms with van der Waals surface area (Å²) in [7, 11) is 0. The Morgan fingerprint density at radius 3 is 2.68 bits per heavy atom. The Morgan fingerprint density at radius 2 is 1.96 bits per heavy atom. The lowest BCUT2D eigenvalue weighted by atomic mass is 10.2. The van der Waals surface area contributed by atoms with Crippen LogP contribution in [0.5, 0.6) is 0 Å². The van der Waals surface area contributed by atoms with Crippen molar-refractivity contribution in [1.29, 1.82) is 0 Å². The summed E-state index contributed by atoms with van der Waals surface area (Å²) < 4.78 is 22.9. The van der Waals surface area contributed by atoms with Crippen molar-refractivity contribution in [2.75, 3.05) is 32.8 Å². The lowest BCUT2D eigenvalue weighted by Crippen LogP contribution is -2.37. The van der Waals surface area contributed by atoms with Crippen LogP contribution in [0.1, 0.15) is 20.3 Å². The standard InChI is InChI=1S/C19H28FN3O2/c1-17(16-23-10-14-25-15-11-23)19(21)22-9-5-7-13-24-12-6-3-4-8-18(2)20/h3-4,6-9,12-13H,5,10-11,14-16,21H2,1-2H3/b4-3-,12-6+,13-7+,18-8+,19-17+,22-9?. The Kier molecular flexibility index (Phi) is 11.0. The number of allylic oxidation sites excluding steroid dienone is 6. The zero-order valence-corrected chi connectivity index (χ0v) is 15.0. The molecule has 0 bridgehead atoms. The van der Waals surface area contributed by atoms with Gasteiger partial charge in [0, 0.05) is 32.3 Å². The molecule has 6 heteroatoms. The molecule has 25 heavy (non-hydrogen) atoms. The quantitative estimate of drug-likeness (QED) is 0.393. The van der Waals surface area contributed by atoms with Crippen LogP contribution < -0.4 is 5.73 Å². The molecule has 0 radical (unpaired) electrons. The SMILES string of the molecule is C\C(F)=C/C=C\C=C\O/C=C/CC=N/C(N)=C(\C)CN1CCOCC1. The van der Waals surface area contributed by atoms with Gasteiger partial charge in [-0.15, -0.1) is 0 Å². The summed E-state index contributed by atoms with van der Waals surface area (Å²) in [5, 5.41) is 0. The van der Waals surface area contributed by atoms with Gasteiger partial charge in [-0.1, -0.05) is 12.2 Å². The molecule has 0 spiro atoms. The molecule has 5 nitrogen and oxygen atoms in total. The molecular weight excluding hydrogens is 321 g/mol. The predicted molar refractivity (Wildman–Crippen MR) is 101 cm³/mol. The van der Waals surface area contributed by atoms with Gasteiger partial charge in [0.15, 0.2) is 0 Å². The summed E-state index contributed by atoms with van der Waals surface area (Å²) in [6.07, 6.45) is 13.6. The number of nitrogens with zero attached hydrogens (tertiary/aromatic N) is 2. The zero-order chi connectivity index (χ0) is 18.3. The summed E-state index contributed by atoms with van der Waals surface area (Å²) in [6.45, 7) is 7.62. The Morgan fingerprint density at radius 1 is 1.20 bits per heavy atom. The van der Waals surface area contributed by atoms with Crippen molar-refractivity contribution in [1.82, 2.24) is 4.90 Å². The lowest BCUT2D eigenvalue weighted by molar-refractivity contribution is 0.0422. The molecule has 1 aliphatic heterocycles. The first-order chi connectivity index (χ1) is 12.1. The summed E-state index contributed by atoms with van der Waals surface area (Å²) in [5.41, 5.74) is 7.04. The Balaban J connectivity index is 2.24. The molecule has 0 aromatic carbocycles. The van der Waals surface area contributed by atoms with Crippen LogP contribution in [0.4, 0.5) is 4.39 Å². The maximum absolute atomic E-state index is 12.4. The van der Waals surface area contributed by atoms with Gasteiger partial charge in [0.1, 0.15) is 5.82 Å². The molecule has 0 aromatic heterocycles. The van der Waals surface area contributed by atoms with E-state index in [4.69, 9.17) is 15.2 Å². The number of rotatable bonds is 9. The van der Waals surface area contributed by atoms with Crippen LogP contribution in [0, 0.1) is 0 Å². The van der Waals surface area contributed by atoms with Gasteiger partial charge < -0.3 is 15.2 Å². The van der Waals surface area contributed by atoms with Crippen molar-refractivity contribution in [2.24, 2.45) is 10.7 Å². The number of hydrogen-bond donors (Lipinski definition) is 1. The number of nitrogens with two attached hydrogens (primary N) is 1. The molecule has 0 saturated carbocycles. The number of hydrogen-bond acceptors (Lipinski definition) is 5. The summed E-state index contributed by atoms with van der Waals surface area (Å²) in [6, 6.07) is 0. The summed E-state index contributed by atoms with van der Waals surface area (Å²) >= 11 is 0. The van der Waals surface area contributed by atoms with Crippen molar-refractivity contribution >= 4 is 6.21 Å². The van der Waals surface area contributed by atoms with E-state index in [1.165, 1.54) is 19.3 Å². The first kappa shape index (κ1) is 20.9. The third kappa shape index (κ3) is 11.1. The third-order valence-corrected chi connectivity index (χ3v) is 3.35. The zero-order valence-electron chi connectivity index (χ0n) is 15.0. The molecule has 1 fully saturated rings. The van der Waals surface area contributed by atoms with Crippen LogP contribution >= 0.6 is 0 Å². The van der Waals surface area contributed by atoms with Gasteiger partial charge in [0.2, 0.25) is 0 Å². The van der Waals surface area contributed by atoms with E-state index in [0.29, 0.717) is 12.2 Å². The fourth-order valence-electron chi connectivity index (χ4n) is 2.00. The monoisotopic (exact) mass is 349 g/mol. The molecule has 1 rings (SSSR count). The molecule has 0 amide bonds. The lowest BCUT2D eigenvalue weighted by Gasteiger charge is -2.26. The smallest absolute Gasteiger partial charge is 0.123 e. The van der Waals surface area contributed by atoms with Crippen LogP contribution in [0.25, 0.3) is 0 Å².